The van der Waals surface area contributed by atoms with Gasteiger partial charge in [-0.25, -0.2) is 12.8 Å². The molecular formula is C26H36FN3O4S. The number of sulfonamides is 1. The van der Waals surface area contributed by atoms with E-state index < -0.39 is 21.6 Å². The number of nitrogens with zero attached hydrogens (tertiary/aromatic N) is 2. The van der Waals surface area contributed by atoms with Crippen LogP contribution in [0.25, 0.3) is 0 Å². The summed E-state index contributed by atoms with van der Waals surface area (Å²) in [6.07, 6.45) is 1.45. The summed E-state index contributed by atoms with van der Waals surface area (Å²) in [6, 6.07) is 12.2. The second-order valence-corrected chi connectivity index (χ2v) is 11.7. The Kier molecular flexibility index (Phi) is 9.43. The monoisotopic (exact) mass is 505 g/mol. The van der Waals surface area contributed by atoms with Crippen LogP contribution >= 0.6 is 0 Å². The number of aryl methyl sites for hydroxylation is 1. The molecule has 192 valence electrons. The van der Waals surface area contributed by atoms with Crippen LogP contribution in [0, 0.1) is 12.7 Å². The fraction of sp³-hybridized carbons (Fsp3) is 0.462. The van der Waals surface area contributed by atoms with Gasteiger partial charge in [0.2, 0.25) is 21.8 Å². The number of anilines is 1. The van der Waals surface area contributed by atoms with Crippen molar-refractivity contribution in [1.82, 2.24) is 10.2 Å². The highest BCUT2D eigenvalue weighted by molar-refractivity contribution is 7.92. The first-order valence-corrected chi connectivity index (χ1v) is 13.4. The molecule has 35 heavy (non-hydrogen) atoms. The first-order chi connectivity index (χ1) is 16.2. The molecule has 0 aromatic heterocycles. The predicted octanol–water partition coefficient (Wildman–Crippen LogP) is 4.01. The van der Waals surface area contributed by atoms with Gasteiger partial charge in [0.1, 0.15) is 11.9 Å². The fourth-order valence-electron chi connectivity index (χ4n) is 3.63. The lowest BCUT2D eigenvalue weighted by atomic mass is 10.1. The fourth-order valence-corrected chi connectivity index (χ4v) is 4.59. The normalized spacial score (nSPS) is 12.7. The van der Waals surface area contributed by atoms with Crippen LogP contribution in [0.2, 0.25) is 0 Å². The van der Waals surface area contributed by atoms with Crippen molar-refractivity contribution in [3.8, 4) is 0 Å². The zero-order chi connectivity index (χ0) is 26.4. The summed E-state index contributed by atoms with van der Waals surface area (Å²) in [5, 5.41) is 2.89. The van der Waals surface area contributed by atoms with Gasteiger partial charge in [-0.15, -0.1) is 0 Å². The van der Waals surface area contributed by atoms with Gasteiger partial charge in [0.05, 0.1) is 11.9 Å². The largest absolute Gasteiger partial charge is 0.350 e. The zero-order valence-electron chi connectivity index (χ0n) is 21.3. The highest BCUT2D eigenvalue weighted by atomic mass is 32.2. The highest BCUT2D eigenvalue weighted by Gasteiger charge is 2.28. The van der Waals surface area contributed by atoms with E-state index >= 15 is 0 Å². The smallest absolute Gasteiger partial charge is 0.242 e. The molecule has 2 aromatic carbocycles. The number of carbonyl (C=O) groups is 2. The highest BCUT2D eigenvalue weighted by Crippen LogP contribution is 2.20. The standard InChI is InChI=1S/C26H36FN3O4S/c1-19-9-7-10-23(17-19)30(35(6,33)34)16-8-11-24(31)29(18-21-12-14-22(27)15-13-21)20(2)25(32)28-26(3,4)5/h7,9-10,12-15,17,20H,8,11,16,18H2,1-6H3,(H,28,32)/t20-/m0/s1. The minimum Gasteiger partial charge on any atom is -0.350 e. The molecule has 0 aliphatic rings. The lowest BCUT2D eigenvalue weighted by molar-refractivity contribution is -0.141. The molecule has 0 saturated carbocycles. The van der Waals surface area contributed by atoms with Crippen LogP contribution in [0.3, 0.4) is 0 Å². The third-order valence-corrected chi connectivity index (χ3v) is 6.57. The molecule has 7 nitrogen and oxygen atoms in total. The van der Waals surface area contributed by atoms with Crippen molar-refractivity contribution >= 4 is 27.5 Å². The van der Waals surface area contributed by atoms with Gasteiger partial charge in [0.15, 0.2) is 0 Å². The zero-order valence-corrected chi connectivity index (χ0v) is 22.2. The first kappa shape index (κ1) is 28.3. The molecule has 0 saturated heterocycles. The molecule has 0 aliphatic heterocycles. The number of carbonyl (C=O) groups excluding carboxylic acids is 2. The molecular weight excluding hydrogens is 469 g/mol. The van der Waals surface area contributed by atoms with Gasteiger partial charge in [0.25, 0.3) is 0 Å². The Morgan fingerprint density at radius 1 is 1.09 bits per heavy atom. The Morgan fingerprint density at radius 2 is 1.71 bits per heavy atom. The number of benzene rings is 2. The third-order valence-electron chi connectivity index (χ3n) is 5.37. The van der Waals surface area contributed by atoms with E-state index in [1.807, 2.05) is 33.8 Å². The lowest BCUT2D eigenvalue weighted by Crippen LogP contribution is -2.52. The molecule has 0 radical (unpaired) electrons. The van der Waals surface area contributed by atoms with Crippen molar-refractivity contribution < 1.29 is 22.4 Å². The Morgan fingerprint density at radius 3 is 2.26 bits per heavy atom. The maximum atomic E-state index is 13.4. The molecule has 1 atom stereocenters. The molecule has 0 fully saturated rings. The maximum absolute atomic E-state index is 13.4. The number of hydrogen-bond donors (Lipinski definition) is 1. The quantitative estimate of drug-likeness (QED) is 0.529. The van der Waals surface area contributed by atoms with Crippen molar-refractivity contribution in [2.45, 2.75) is 65.6 Å². The van der Waals surface area contributed by atoms with Crippen molar-refractivity contribution in [3.05, 3.63) is 65.5 Å². The van der Waals surface area contributed by atoms with Crippen molar-refractivity contribution in [1.29, 1.82) is 0 Å². The molecule has 2 amide bonds. The number of hydrogen-bond acceptors (Lipinski definition) is 4. The van der Waals surface area contributed by atoms with E-state index in [0.717, 1.165) is 11.8 Å². The first-order valence-electron chi connectivity index (χ1n) is 11.6. The van der Waals surface area contributed by atoms with E-state index in [0.29, 0.717) is 11.3 Å². The third kappa shape index (κ3) is 8.98. The van der Waals surface area contributed by atoms with Gasteiger partial charge >= 0.3 is 0 Å². The van der Waals surface area contributed by atoms with Crippen LogP contribution in [0.5, 0.6) is 0 Å². The molecule has 0 bridgehead atoms. The second kappa shape index (κ2) is 11.7. The summed E-state index contributed by atoms with van der Waals surface area (Å²) in [7, 11) is -3.55. The lowest BCUT2D eigenvalue weighted by Gasteiger charge is -2.32. The Bertz CT molecular complexity index is 1130. The van der Waals surface area contributed by atoms with E-state index in [2.05, 4.69) is 5.32 Å². The van der Waals surface area contributed by atoms with Gasteiger partial charge in [-0.1, -0.05) is 24.3 Å². The van der Waals surface area contributed by atoms with E-state index in [9.17, 15) is 22.4 Å². The van der Waals surface area contributed by atoms with Crippen molar-refractivity contribution in [3.63, 3.8) is 0 Å². The number of rotatable bonds is 10. The predicted molar refractivity (Wildman–Crippen MR) is 137 cm³/mol. The van der Waals surface area contributed by atoms with Crippen LogP contribution in [-0.4, -0.2) is 49.5 Å². The van der Waals surface area contributed by atoms with E-state index in [1.54, 1.807) is 37.3 Å². The Labute approximate surface area is 208 Å². The van der Waals surface area contributed by atoms with Gasteiger partial charge in [-0.05, 0) is 76.4 Å². The van der Waals surface area contributed by atoms with Crippen LogP contribution < -0.4 is 9.62 Å². The average molecular weight is 506 g/mol. The molecule has 0 heterocycles. The molecule has 9 heteroatoms. The Hall–Kier alpha value is -2.94. The summed E-state index contributed by atoms with van der Waals surface area (Å²) in [6.45, 7) is 9.36. The molecule has 2 rings (SSSR count). The van der Waals surface area contributed by atoms with E-state index in [-0.39, 0.29) is 43.6 Å². The maximum Gasteiger partial charge on any atom is 0.242 e. The number of halogens is 1. The van der Waals surface area contributed by atoms with Crippen LogP contribution in [0.15, 0.2) is 48.5 Å². The SMILES string of the molecule is Cc1cccc(N(CCCC(=O)N(Cc2ccc(F)cc2)[C@@H](C)C(=O)NC(C)(C)C)S(C)(=O)=O)c1. The summed E-state index contributed by atoms with van der Waals surface area (Å²) in [4.78, 5) is 27.5. The molecule has 0 aliphatic carbocycles. The minimum absolute atomic E-state index is 0.0478. The van der Waals surface area contributed by atoms with E-state index in [4.69, 9.17) is 0 Å². The van der Waals surface area contributed by atoms with Gasteiger partial charge in [-0.2, -0.15) is 0 Å². The second-order valence-electron chi connectivity index (χ2n) is 9.84. The van der Waals surface area contributed by atoms with Crippen LogP contribution in [-0.2, 0) is 26.2 Å². The topological polar surface area (TPSA) is 86.8 Å². The molecule has 2 aromatic rings. The molecule has 0 unspecified atom stereocenters. The molecule has 0 spiro atoms. The summed E-state index contributed by atoms with van der Waals surface area (Å²) >= 11 is 0. The minimum atomic E-state index is -3.55. The van der Waals surface area contributed by atoms with Gasteiger partial charge in [-0.3, -0.25) is 13.9 Å². The van der Waals surface area contributed by atoms with Crippen molar-refractivity contribution in [2.75, 3.05) is 17.1 Å². The summed E-state index contributed by atoms with van der Waals surface area (Å²) in [5.41, 5.74) is 1.69. The van der Waals surface area contributed by atoms with Crippen LogP contribution in [0.4, 0.5) is 10.1 Å². The molecule has 1 N–H and O–H groups in total. The van der Waals surface area contributed by atoms with Crippen LogP contribution in [0.1, 0.15) is 51.7 Å². The number of amides is 2. The Balaban J connectivity index is 2.18. The average Bonchev–Trinajstić information content (AvgIpc) is 2.73. The summed E-state index contributed by atoms with van der Waals surface area (Å²) < 4.78 is 39.4. The summed E-state index contributed by atoms with van der Waals surface area (Å²) in [5.74, 6) is -0.976. The van der Waals surface area contributed by atoms with Gasteiger partial charge in [0, 0.05) is 25.0 Å². The number of nitrogens with one attached hydrogen (secondary N) is 1. The van der Waals surface area contributed by atoms with E-state index in [1.165, 1.54) is 21.3 Å². The van der Waals surface area contributed by atoms with Crippen molar-refractivity contribution in [2.24, 2.45) is 0 Å². The van der Waals surface area contributed by atoms with Gasteiger partial charge < -0.3 is 10.2 Å².